The SMILES string of the molecule is CCc1ccc(N(C(=O)c2csnn2)[C@@H](C(=O)NC2CCCC2)c2cccnc2)cc1. The number of hydrogen-bond acceptors (Lipinski definition) is 6. The lowest BCUT2D eigenvalue weighted by atomic mass is 10.0. The van der Waals surface area contributed by atoms with Crippen molar-refractivity contribution in [3.63, 3.8) is 0 Å². The zero-order valence-corrected chi connectivity index (χ0v) is 18.2. The van der Waals surface area contributed by atoms with Gasteiger partial charge in [-0.2, -0.15) is 0 Å². The summed E-state index contributed by atoms with van der Waals surface area (Å²) in [5, 5.41) is 8.72. The van der Waals surface area contributed by atoms with Crippen molar-refractivity contribution in [1.82, 2.24) is 19.9 Å². The van der Waals surface area contributed by atoms with Gasteiger partial charge in [-0.3, -0.25) is 19.5 Å². The Kier molecular flexibility index (Phi) is 6.66. The van der Waals surface area contributed by atoms with Gasteiger partial charge < -0.3 is 5.32 Å². The number of aryl methyl sites for hydroxylation is 1. The monoisotopic (exact) mass is 435 g/mol. The first-order valence-electron chi connectivity index (χ1n) is 10.6. The van der Waals surface area contributed by atoms with Crippen molar-refractivity contribution < 1.29 is 9.59 Å². The van der Waals surface area contributed by atoms with Crippen LogP contribution in [0.2, 0.25) is 0 Å². The van der Waals surface area contributed by atoms with Crippen LogP contribution in [0, 0.1) is 0 Å². The van der Waals surface area contributed by atoms with Gasteiger partial charge in [-0.25, -0.2) is 0 Å². The molecule has 1 aromatic carbocycles. The van der Waals surface area contributed by atoms with Crippen molar-refractivity contribution in [2.75, 3.05) is 4.90 Å². The molecule has 0 saturated heterocycles. The van der Waals surface area contributed by atoms with Gasteiger partial charge in [0.1, 0.15) is 6.04 Å². The Morgan fingerprint density at radius 3 is 2.58 bits per heavy atom. The minimum absolute atomic E-state index is 0.132. The first kappa shape index (κ1) is 21.1. The van der Waals surface area contributed by atoms with Crippen molar-refractivity contribution in [3.8, 4) is 0 Å². The molecule has 4 rings (SSSR count). The molecule has 2 heterocycles. The molecule has 0 radical (unpaired) electrons. The highest BCUT2D eigenvalue weighted by Gasteiger charge is 2.35. The molecule has 1 aliphatic rings. The number of carbonyl (C=O) groups excluding carboxylic acids is 2. The van der Waals surface area contributed by atoms with Crippen LogP contribution < -0.4 is 10.2 Å². The van der Waals surface area contributed by atoms with Gasteiger partial charge in [0.25, 0.3) is 5.91 Å². The Hall–Kier alpha value is -3.13. The molecule has 2 aromatic heterocycles. The average molecular weight is 436 g/mol. The molecule has 8 heteroatoms. The quantitative estimate of drug-likeness (QED) is 0.607. The summed E-state index contributed by atoms with van der Waals surface area (Å²) in [7, 11) is 0. The van der Waals surface area contributed by atoms with Crippen LogP contribution in [0.1, 0.15) is 60.3 Å². The maximum atomic E-state index is 13.5. The van der Waals surface area contributed by atoms with E-state index < -0.39 is 6.04 Å². The number of aromatic nitrogens is 3. The van der Waals surface area contributed by atoms with Crippen molar-refractivity contribution in [3.05, 3.63) is 71.0 Å². The number of carbonyl (C=O) groups is 2. The number of nitrogens with one attached hydrogen (secondary N) is 1. The first-order chi connectivity index (χ1) is 15.2. The van der Waals surface area contributed by atoms with Crippen molar-refractivity contribution in [2.24, 2.45) is 0 Å². The molecule has 160 valence electrons. The summed E-state index contributed by atoms with van der Waals surface area (Å²) in [5.41, 5.74) is 2.65. The van der Waals surface area contributed by atoms with Gasteiger partial charge in [0.15, 0.2) is 5.69 Å². The summed E-state index contributed by atoms with van der Waals surface area (Å²) in [6.45, 7) is 2.08. The summed E-state index contributed by atoms with van der Waals surface area (Å²) >= 11 is 1.11. The standard InChI is InChI=1S/C23H25N5O2S/c1-2-16-9-11-19(12-10-16)28(23(30)20-15-31-27-26-20)21(17-6-5-13-24-14-17)22(29)25-18-7-3-4-8-18/h5-6,9-15,18,21H,2-4,7-8H2,1H3,(H,25,29)/t21-/m1/s1. The number of pyridine rings is 1. The van der Waals surface area contributed by atoms with Gasteiger partial charge >= 0.3 is 0 Å². The van der Waals surface area contributed by atoms with Crippen LogP contribution in [0.3, 0.4) is 0 Å². The summed E-state index contributed by atoms with van der Waals surface area (Å²) in [6.07, 6.45) is 8.31. The van der Waals surface area contributed by atoms with Gasteiger partial charge in [-0.05, 0) is 54.6 Å². The van der Waals surface area contributed by atoms with E-state index in [0.29, 0.717) is 11.3 Å². The van der Waals surface area contributed by atoms with E-state index in [0.717, 1.165) is 49.2 Å². The van der Waals surface area contributed by atoms with Gasteiger partial charge in [-0.15, -0.1) is 5.10 Å². The molecular formula is C23H25N5O2S. The third-order valence-corrected chi connectivity index (χ3v) is 6.13. The molecule has 31 heavy (non-hydrogen) atoms. The number of anilines is 1. The van der Waals surface area contributed by atoms with E-state index in [1.807, 2.05) is 30.3 Å². The number of rotatable bonds is 7. The molecule has 2 amide bonds. The van der Waals surface area contributed by atoms with Crippen LogP contribution in [0.25, 0.3) is 0 Å². The molecule has 1 N–H and O–H groups in total. The fraction of sp³-hybridized carbons (Fsp3) is 0.348. The van der Waals surface area contributed by atoms with Crippen LogP contribution in [0.15, 0.2) is 54.2 Å². The molecule has 0 aliphatic heterocycles. The molecule has 1 fully saturated rings. The molecule has 1 atom stereocenters. The van der Waals surface area contributed by atoms with E-state index >= 15 is 0 Å². The van der Waals surface area contributed by atoms with Gasteiger partial charge in [0.05, 0.1) is 0 Å². The van der Waals surface area contributed by atoms with Crippen LogP contribution in [0.5, 0.6) is 0 Å². The largest absolute Gasteiger partial charge is 0.351 e. The Bertz CT molecular complexity index is 1000. The number of hydrogen-bond donors (Lipinski definition) is 1. The number of amides is 2. The van der Waals surface area contributed by atoms with Gasteiger partial charge in [-0.1, -0.05) is 42.5 Å². The fourth-order valence-corrected chi connectivity index (χ4v) is 4.39. The molecule has 0 spiro atoms. The lowest BCUT2D eigenvalue weighted by Gasteiger charge is -2.31. The maximum Gasteiger partial charge on any atom is 0.280 e. The van der Waals surface area contributed by atoms with E-state index in [9.17, 15) is 9.59 Å². The summed E-state index contributed by atoms with van der Waals surface area (Å²) < 4.78 is 3.84. The van der Waals surface area contributed by atoms with Crippen molar-refractivity contribution in [1.29, 1.82) is 0 Å². The maximum absolute atomic E-state index is 13.5. The molecule has 0 bridgehead atoms. The van der Waals surface area contributed by atoms with Gasteiger partial charge in [0, 0.05) is 35.1 Å². The second-order valence-electron chi connectivity index (χ2n) is 7.66. The molecule has 0 unspecified atom stereocenters. The molecule has 1 saturated carbocycles. The highest BCUT2D eigenvalue weighted by molar-refractivity contribution is 7.03. The van der Waals surface area contributed by atoms with Crippen molar-refractivity contribution in [2.45, 2.75) is 51.1 Å². The normalized spacial score (nSPS) is 14.9. The third kappa shape index (κ3) is 4.80. The van der Waals surface area contributed by atoms with E-state index in [1.54, 1.807) is 23.8 Å². The van der Waals surface area contributed by atoms with E-state index in [-0.39, 0.29) is 23.6 Å². The first-order valence-corrected chi connectivity index (χ1v) is 11.4. The van der Waals surface area contributed by atoms with Crippen LogP contribution in [0.4, 0.5) is 5.69 Å². The van der Waals surface area contributed by atoms with E-state index in [4.69, 9.17) is 0 Å². The third-order valence-electron chi connectivity index (χ3n) is 5.63. The Morgan fingerprint density at radius 1 is 1.19 bits per heavy atom. The van der Waals surface area contributed by atoms with Gasteiger partial charge in [0.2, 0.25) is 5.91 Å². The number of nitrogens with zero attached hydrogens (tertiary/aromatic N) is 4. The van der Waals surface area contributed by atoms with Crippen LogP contribution in [-0.2, 0) is 11.2 Å². The topological polar surface area (TPSA) is 88.1 Å². The van der Waals surface area contributed by atoms with E-state index in [1.165, 1.54) is 4.90 Å². The van der Waals surface area contributed by atoms with Crippen LogP contribution in [-0.4, -0.2) is 32.4 Å². The Balaban J connectivity index is 1.77. The molecule has 7 nitrogen and oxygen atoms in total. The van der Waals surface area contributed by atoms with Crippen LogP contribution >= 0.6 is 11.5 Å². The fourth-order valence-electron chi connectivity index (χ4n) is 3.96. The highest BCUT2D eigenvalue weighted by atomic mass is 32.1. The predicted octanol–water partition coefficient (Wildman–Crippen LogP) is 3.94. The summed E-state index contributed by atoms with van der Waals surface area (Å²) in [5.74, 6) is -0.579. The Morgan fingerprint density at radius 2 is 1.97 bits per heavy atom. The lowest BCUT2D eigenvalue weighted by molar-refractivity contribution is -0.123. The molecular weight excluding hydrogens is 410 g/mol. The zero-order valence-electron chi connectivity index (χ0n) is 17.4. The molecule has 1 aliphatic carbocycles. The molecule has 3 aromatic rings. The Labute approximate surface area is 185 Å². The minimum atomic E-state index is -0.865. The second kappa shape index (κ2) is 9.78. The summed E-state index contributed by atoms with van der Waals surface area (Å²) in [4.78, 5) is 32.8. The van der Waals surface area contributed by atoms with E-state index in [2.05, 4.69) is 26.8 Å². The minimum Gasteiger partial charge on any atom is -0.351 e. The smallest absolute Gasteiger partial charge is 0.280 e. The average Bonchev–Trinajstić information content (AvgIpc) is 3.52. The second-order valence-corrected chi connectivity index (χ2v) is 8.27. The number of benzene rings is 1. The van der Waals surface area contributed by atoms with Crippen molar-refractivity contribution >= 4 is 29.0 Å². The zero-order chi connectivity index (χ0) is 21.6. The predicted molar refractivity (Wildman–Crippen MR) is 120 cm³/mol. The summed E-state index contributed by atoms with van der Waals surface area (Å²) in [6, 6.07) is 10.6. The highest BCUT2D eigenvalue weighted by Crippen LogP contribution is 2.30. The lowest BCUT2D eigenvalue weighted by Crippen LogP contribution is -2.46.